The molecule has 6 nitrogen and oxygen atoms in total. The van der Waals surface area contributed by atoms with Gasteiger partial charge in [-0.05, 0) is 73.9 Å². The quantitative estimate of drug-likeness (QED) is 0.223. The zero-order valence-electron chi connectivity index (χ0n) is 17.9. The Balaban J connectivity index is 2.21. The number of allylic oxidation sites excluding steroid dienone is 4. The molecule has 2 rings (SSSR count). The van der Waals surface area contributed by atoms with Crippen molar-refractivity contribution in [2.75, 3.05) is 0 Å². The van der Waals surface area contributed by atoms with E-state index in [1.807, 2.05) is 45.2 Å². The second-order valence-corrected chi connectivity index (χ2v) is 8.73. The van der Waals surface area contributed by atoms with E-state index in [1.165, 1.54) is 0 Å². The summed E-state index contributed by atoms with van der Waals surface area (Å²) in [5.74, 6) is 0.278. The number of aryl methyl sites for hydroxylation is 2. The van der Waals surface area contributed by atoms with Crippen LogP contribution in [0.4, 0.5) is 0 Å². The molecule has 0 aliphatic heterocycles. The van der Waals surface area contributed by atoms with Gasteiger partial charge in [0.25, 0.3) is 0 Å². The van der Waals surface area contributed by atoms with E-state index in [1.54, 1.807) is 48.6 Å². The molecule has 0 spiro atoms. The second kappa shape index (κ2) is 11.0. The number of nitrogens with one attached hydrogen (secondary N) is 2. The van der Waals surface area contributed by atoms with E-state index in [-0.39, 0.29) is 22.3 Å². The molecular weight excluding hydrogens is 408 g/mol. The van der Waals surface area contributed by atoms with E-state index in [0.29, 0.717) is 5.70 Å². The molecule has 160 valence electrons. The zero-order valence-corrected chi connectivity index (χ0v) is 18.7. The smallest absolute Gasteiger partial charge is 0.209 e. The normalized spacial score (nSPS) is 12.5. The van der Waals surface area contributed by atoms with E-state index in [9.17, 15) is 8.42 Å². The lowest BCUT2D eigenvalue weighted by molar-refractivity contribution is 0.596. The summed E-state index contributed by atoms with van der Waals surface area (Å²) in [6, 6.07) is 11.7. The second-order valence-electron chi connectivity index (χ2n) is 6.78. The Morgan fingerprint density at radius 2 is 1.81 bits per heavy atom. The van der Waals surface area contributed by atoms with Gasteiger partial charge in [-0.15, -0.1) is 0 Å². The first kappa shape index (κ1) is 23.6. The number of hydrogen-bond donors (Lipinski definition) is 2. The summed E-state index contributed by atoms with van der Waals surface area (Å²) < 4.78 is 25.8. The third kappa shape index (κ3) is 6.43. The van der Waals surface area contributed by atoms with Gasteiger partial charge in [0.05, 0.1) is 16.3 Å². The molecule has 2 aromatic rings. The SMILES string of the molecule is C=C/C=C(\C=C/C)NC(=NCc1ccc(S(=O)(=O)c2ccc(C)c(C)c2)cc1)NC#N. The summed E-state index contributed by atoms with van der Waals surface area (Å²) in [6.45, 7) is 9.64. The first-order valence-corrected chi connectivity index (χ1v) is 11.1. The van der Waals surface area contributed by atoms with Crippen molar-refractivity contribution >= 4 is 15.8 Å². The maximum atomic E-state index is 12.9. The van der Waals surface area contributed by atoms with Gasteiger partial charge in [-0.3, -0.25) is 5.32 Å². The molecule has 0 bridgehead atoms. The predicted octanol–water partition coefficient (Wildman–Crippen LogP) is 4.30. The van der Waals surface area contributed by atoms with Gasteiger partial charge in [-0.25, -0.2) is 13.4 Å². The van der Waals surface area contributed by atoms with Crippen LogP contribution in [0.15, 0.2) is 93.8 Å². The van der Waals surface area contributed by atoms with Gasteiger partial charge in [0, 0.05) is 5.70 Å². The topological polar surface area (TPSA) is 94.3 Å². The van der Waals surface area contributed by atoms with E-state index in [0.717, 1.165) is 16.7 Å². The Kier molecular flexibility index (Phi) is 8.35. The Bertz CT molecular complexity index is 1170. The number of benzene rings is 2. The van der Waals surface area contributed by atoms with Crippen LogP contribution in [0.25, 0.3) is 0 Å². The van der Waals surface area contributed by atoms with Gasteiger partial charge in [0.1, 0.15) is 0 Å². The van der Waals surface area contributed by atoms with Crippen molar-refractivity contribution in [1.82, 2.24) is 10.6 Å². The highest BCUT2D eigenvalue weighted by molar-refractivity contribution is 7.91. The average Bonchev–Trinajstić information content (AvgIpc) is 2.74. The molecule has 0 aliphatic carbocycles. The summed E-state index contributed by atoms with van der Waals surface area (Å²) in [7, 11) is -3.59. The van der Waals surface area contributed by atoms with Crippen LogP contribution in [0.2, 0.25) is 0 Å². The molecule has 0 unspecified atom stereocenters. The maximum absolute atomic E-state index is 12.9. The molecule has 2 N–H and O–H groups in total. The third-order valence-corrected chi connectivity index (χ3v) is 6.29. The molecule has 0 aliphatic rings. The monoisotopic (exact) mass is 434 g/mol. The van der Waals surface area contributed by atoms with Crippen molar-refractivity contribution in [3.8, 4) is 6.19 Å². The van der Waals surface area contributed by atoms with Crippen LogP contribution in [0.1, 0.15) is 23.6 Å². The molecule has 0 radical (unpaired) electrons. The maximum Gasteiger partial charge on any atom is 0.209 e. The lowest BCUT2D eigenvalue weighted by atomic mass is 10.1. The van der Waals surface area contributed by atoms with Crippen LogP contribution < -0.4 is 10.6 Å². The van der Waals surface area contributed by atoms with Crippen molar-refractivity contribution in [2.24, 2.45) is 4.99 Å². The summed E-state index contributed by atoms with van der Waals surface area (Å²) in [5, 5.41) is 14.5. The highest BCUT2D eigenvalue weighted by Gasteiger charge is 2.18. The fourth-order valence-corrected chi connectivity index (χ4v) is 4.05. The fraction of sp³-hybridized carbons (Fsp3) is 0.167. The molecule has 0 heterocycles. The number of hydrogen-bond acceptors (Lipinski definition) is 4. The average molecular weight is 435 g/mol. The van der Waals surface area contributed by atoms with Gasteiger partial charge in [-0.2, -0.15) is 5.26 Å². The van der Waals surface area contributed by atoms with Crippen molar-refractivity contribution in [1.29, 1.82) is 5.26 Å². The van der Waals surface area contributed by atoms with Crippen LogP contribution in [0.5, 0.6) is 0 Å². The predicted molar refractivity (Wildman–Crippen MR) is 124 cm³/mol. The number of nitrogens with zero attached hydrogens (tertiary/aromatic N) is 2. The third-order valence-electron chi connectivity index (χ3n) is 4.52. The van der Waals surface area contributed by atoms with E-state index in [4.69, 9.17) is 5.26 Å². The zero-order chi connectivity index (χ0) is 22.9. The fourth-order valence-electron chi connectivity index (χ4n) is 2.71. The van der Waals surface area contributed by atoms with Crippen molar-refractivity contribution in [2.45, 2.75) is 37.1 Å². The molecule has 7 heteroatoms. The minimum absolute atomic E-state index is 0.223. The standard InChI is InChI=1S/C24H26N4O2S/c1-5-7-21(8-6-2)28-24(27-17-25)26-16-20-10-13-22(14-11-20)31(29,30)23-12-9-18(3)19(4)15-23/h5-15H,1,16H2,2-4H3,(H2,26,27,28)/b8-6-,21-7+. The van der Waals surface area contributed by atoms with Crippen LogP contribution in [0.3, 0.4) is 0 Å². The molecule has 0 fully saturated rings. The Morgan fingerprint density at radius 1 is 1.13 bits per heavy atom. The minimum atomic E-state index is -3.59. The molecule has 2 aromatic carbocycles. The van der Waals surface area contributed by atoms with Crippen LogP contribution in [-0.2, 0) is 16.4 Å². The summed E-state index contributed by atoms with van der Waals surface area (Å²) in [4.78, 5) is 4.87. The van der Waals surface area contributed by atoms with Gasteiger partial charge in [-0.1, -0.05) is 36.9 Å². The highest BCUT2D eigenvalue weighted by Crippen LogP contribution is 2.23. The van der Waals surface area contributed by atoms with Gasteiger partial charge in [0.2, 0.25) is 15.8 Å². The van der Waals surface area contributed by atoms with Crippen molar-refractivity contribution < 1.29 is 8.42 Å². The number of guanidine groups is 1. The molecule has 0 atom stereocenters. The number of sulfone groups is 1. The van der Waals surface area contributed by atoms with Crippen LogP contribution >= 0.6 is 0 Å². The number of nitriles is 1. The molecule has 0 amide bonds. The van der Waals surface area contributed by atoms with Gasteiger partial charge >= 0.3 is 0 Å². The lowest BCUT2D eigenvalue weighted by Gasteiger charge is -2.09. The molecule has 0 saturated carbocycles. The van der Waals surface area contributed by atoms with E-state index < -0.39 is 9.84 Å². The molecule has 0 aromatic heterocycles. The largest absolute Gasteiger partial charge is 0.326 e. The number of aliphatic imine (C=N–C) groups is 1. The molecule has 31 heavy (non-hydrogen) atoms. The van der Waals surface area contributed by atoms with Gasteiger partial charge in [0.15, 0.2) is 6.19 Å². The summed E-state index contributed by atoms with van der Waals surface area (Å²) in [6.07, 6.45) is 8.90. The van der Waals surface area contributed by atoms with Gasteiger partial charge < -0.3 is 5.32 Å². The van der Waals surface area contributed by atoms with E-state index >= 15 is 0 Å². The minimum Gasteiger partial charge on any atom is -0.326 e. The lowest BCUT2D eigenvalue weighted by Crippen LogP contribution is -2.33. The molecular formula is C24H26N4O2S. The van der Waals surface area contributed by atoms with Crippen LogP contribution in [-0.4, -0.2) is 14.4 Å². The molecule has 0 saturated heterocycles. The van der Waals surface area contributed by atoms with Crippen LogP contribution in [0, 0.1) is 25.3 Å². The Morgan fingerprint density at radius 3 is 2.39 bits per heavy atom. The first-order chi connectivity index (χ1) is 14.8. The number of rotatable bonds is 7. The Hall–Kier alpha value is -3.63. The van der Waals surface area contributed by atoms with E-state index in [2.05, 4.69) is 22.2 Å². The summed E-state index contributed by atoms with van der Waals surface area (Å²) in [5.41, 5.74) is 3.50. The summed E-state index contributed by atoms with van der Waals surface area (Å²) >= 11 is 0. The first-order valence-electron chi connectivity index (χ1n) is 9.65. The highest BCUT2D eigenvalue weighted by atomic mass is 32.2. The van der Waals surface area contributed by atoms with Crippen molar-refractivity contribution in [3.63, 3.8) is 0 Å². The van der Waals surface area contributed by atoms with Crippen molar-refractivity contribution in [3.05, 3.63) is 95.7 Å². The Labute approximate surface area is 184 Å².